The first-order chi connectivity index (χ1) is 13.7. The molecule has 0 fully saturated rings. The lowest BCUT2D eigenvalue weighted by Crippen LogP contribution is -2.46. The average molecular weight is 383 g/mol. The summed E-state index contributed by atoms with van der Waals surface area (Å²) in [4.78, 5) is 4.34. The Balaban J connectivity index is 1.33. The molecule has 148 valence electrons. The molecule has 1 atom stereocenters. The van der Waals surface area contributed by atoms with Gasteiger partial charge in [-0.05, 0) is 54.5 Å². The minimum atomic E-state index is -0.258. The Morgan fingerprint density at radius 3 is 2.93 bits per heavy atom. The first-order valence-electron chi connectivity index (χ1n) is 9.78. The molecular formula is C22H26FN3O2. The number of hydrogen-bond donors (Lipinski definition) is 2. The second-order valence-corrected chi connectivity index (χ2v) is 7.27. The monoisotopic (exact) mass is 383 g/mol. The third-order valence-corrected chi connectivity index (χ3v) is 5.35. The van der Waals surface area contributed by atoms with Crippen molar-refractivity contribution in [1.82, 2.24) is 10.6 Å². The van der Waals surface area contributed by atoms with Crippen LogP contribution in [-0.4, -0.2) is 32.4 Å². The number of aliphatic imine (C=N–C) groups is 1. The quantitative estimate of drug-likeness (QED) is 0.630. The molecule has 6 heteroatoms. The van der Waals surface area contributed by atoms with Crippen LogP contribution in [0, 0.1) is 5.82 Å². The van der Waals surface area contributed by atoms with Crippen molar-refractivity contribution in [2.45, 2.75) is 38.3 Å². The molecule has 1 heterocycles. The molecule has 1 aliphatic heterocycles. The Morgan fingerprint density at radius 2 is 2.07 bits per heavy atom. The highest BCUT2D eigenvalue weighted by molar-refractivity contribution is 5.80. The van der Waals surface area contributed by atoms with Gasteiger partial charge in [0.15, 0.2) is 12.8 Å². The summed E-state index contributed by atoms with van der Waals surface area (Å²) in [6, 6.07) is 12.0. The topological polar surface area (TPSA) is 54.9 Å². The van der Waals surface area contributed by atoms with Crippen LogP contribution in [0.15, 0.2) is 41.4 Å². The van der Waals surface area contributed by atoms with Crippen molar-refractivity contribution in [1.29, 1.82) is 0 Å². The number of nitrogens with one attached hydrogen (secondary N) is 2. The summed E-state index contributed by atoms with van der Waals surface area (Å²) in [6.07, 6.45) is 3.82. The number of hydrogen-bond acceptors (Lipinski definition) is 3. The van der Waals surface area contributed by atoms with E-state index in [1.807, 2.05) is 0 Å². The van der Waals surface area contributed by atoms with Crippen LogP contribution in [0.1, 0.15) is 28.7 Å². The molecule has 2 aliphatic rings. The van der Waals surface area contributed by atoms with Crippen LogP contribution in [0.4, 0.5) is 4.39 Å². The summed E-state index contributed by atoms with van der Waals surface area (Å²) >= 11 is 0. The lowest BCUT2D eigenvalue weighted by molar-refractivity contribution is -0.0172. The number of nitrogens with zero attached hydrogens (tertiary/aromatic N) is 1. The molecule has 2 aromatic rings. The highest BCUT2D eigenvalue weighted by Gasteiger charge is 2.20. The molecule has 1 aliphatic carbocycles. The van der Waals surface area contributed by atoms with E-state index in [1.54, 1.807) is 13.1 Å². The van der Waals surface area contributed by atoms with E-state index in [4.69, 9.17) is 9.47 Å². The van der Waals surface area contributed by atoms with E-state index >= 15 is 0 Å². The summed E-state index contributed by atoms with van der Waals surface area (Å²) in [5, 5.41) is 6.87. The molecule has 28 heavy (non-hydrogen) atoms. The van der Waals surface area contributed by atoms with Crippen molar-refractivity contribution in [2.75, 3.05) is 20.4 Å². The first kappa shape index (κ1) is 18.7. The van der Waals surface area contributed by atoms with E-state index in [0.717, 1.165) is 42.1 Å². The Labute approximate surface area is 165 Å². The molecule has 2 N–H and O–H groups in total. The molecule has 0 bridgehead atoms. The van der Waals surface area contributed by atoms with Crippen molar-refractivity contribution in [3.63, 3.8) is 0 Å². The van der Waals surface area contributed by atoms with Crippen LogP contribution in [0.5, 0.6) is 5.75 Å². The molecule has 5 nitrogen and oxygen atoms in total. The summed E-state index contributed by atoms with van der Waals surface area (Å²) in [6.45, 7) is 1.24. The predicted octanol–water partition coefficient (Wildman–Crippen LogP) is 2.96. The first-order valence-corrected chi connectivity index (χ1v) is 9.78. The Kier molecular flexibility index (Phi) is 5.76. The molecule has 0 amide bonds. The van der Waals surface area contributed by atoms with Gasteiger partial charge in [0, 0.05) is 25.2 Å². The van der Waals surface area contributed by atoms with E-state index in [1.165, 1.54) is 17.2 Å². The zero-order valence-corrected chi connectivity index (χ0v) is 16.1. The zero-order valence-electron chi connectivity index (χ0n) is 16.1. The second kappa shape index (κ2) is 8.61. The fourth-order valence-corrected chi connectivity index (χ4v) is 3.97. The smallest absolute Gasteiger partial charge is 0.191 e. The predicted molar refractivity (Wildman–Crippen MR) is 107 cm³/mol. The summed E-state index contributed by atoms with van der Waals surface area (Å²) in [5.41, 5.74) is 4.48. The maximum atomic E-state index is 13.9. The average Bonchev–Trinajstić information content (AvgIpc) is 2.72. The van der Waals surface area contributed by atoms with E-state index in [2.05, 4.69) is 39.9 Å². The third kappa shape index (κ3) is 4.28. The largest absolute Gasteiger partial charge is 0.467 e. The standard InChI is InChI=1S/C22H26FN3O2/c1-24-22(26-20-7-6-15-4-2-3-5-16(15)12-20)25-9-8-17-10-19(23)11-18-13-27-14-28-21(17)18/h2-5,10-11,20H,6-9,12-14H2,1H3,(H2,24,25,26). The van der Waals surface area contributed by atoms with Crippen LogP contribution >= 0.6 is 0 Å². The maximum absolute atomic E-state index is 13.9. The summed E-state index contributed by atoms with van der Waals surface area (Å²) < 4.78 is 24.7. The fraction of sp³-hybridized carbons (Fsp3) is 0.409. The van der Waals surface area contributed by atoms with Crippen LogP contribution in [-0.2, 0) is 30.6 Å². The fourth-order valence-electron chi connectivity index (χ4n) is 3.97. The number of halogens is 1. The van der Waals surface area contributed by atoms with Crippen molar-refractivity contribution in [3.05, 3.63) is 64.5 Å². The molecule has 1 unspecified atom stereocenters. The van der Waals surface area contributed by atoms with Gasteiger partial charge in [-0.1, -0.05) is 24.3 Å². The van der Waals surface area contributed by atoms with Gasteiger partial charge in [0.2, 0.25) is 0 Å². The van der Waals surface area contributed by atoms with Crippen molar-refractivity contribution < 1.29 is 13.9 Å². The normalized spacial score (nSPS) is 18.6. The van der Waals surface area contributed by atoms with Crippen LogP contribution in [0.25, 0.3) is 0 Å². The molecule has 2 aromatic carbocycles. The Hall–Kier alpha value is -2.60. The lowest BCUT2D eigenvalue weighted by atomic mass is 9.88. The van der Waals surface area contributed by atoms with Gasteiger partial charge in [-0.2, -0.15) is 0 Å². The molecule has 0 spiro atoms. The SMILES string of the molecule is CN=C(NCCc1cc(F)cc2c1OCOC2)NC1CCc2ccccc2C1. The van der Waals surface area contributed by atoms with Crippen LogP contribution in [0.2, 0.25) is 0 Å². The number of benzene rings is 2. The highest BCUT2D eigenvalue weighted by atomic mass is 19.1. The van der Waals surface area contributed by atoms with Crippen molar-refractivity contribution >= 4 is 5.96 Å². The molecular weight excluding hydrogens is 357 g/mol. The Morgan fingerprint density at radius 1 is 1.21 bits per heavy atom. The van der Waals surface area contributed by atoms with Gasteiger partial charge in [-0.3, -0.25) is 4.99 Å². The van der Waals surface area contributed by atoms with Gasteiger partial charge in [-0.25, -0.2) is 4.39 Å². The van der Waals surface area contributed by atoms with Crippen molar-refractivity contribution in [3.8, 4) is 5.75 Å². The minimum Gasteiger partial charge on any atom is -0.467 e. The van der Waals surface area contributed by atoms with E-state index < -0.39 is 0 Å². The number of ether oxygens (including phenoxy) is 2. The van der Waals surface area contributed by atoms with Gasteiger partial charge in [0.25, 0.3) is 0 Å². The zero-order chi connectivity index (χ0) is 19.3. The van der Waals surface area contributed by atoms with Gasteiger partial charge in [-0.15, -0.1) is 0 Å². The third-order valence-electron chi connectivity index (χ3n) is 5.35. The number of aryl methyl sites for hydroxylation is 1. The van der Waals surface area contributed by atoms with E-state index in [-0.39, 0.29) is 12.6 Å². The van der Waals surface area contributed by atoms with E-state index in [0.29, 0.717) is 25.6 Å². The minimum absolute atomic E-state index is 0.214. The van der Waals surface area contributed by atoms with Gasteiger partial charge in [0.1, 0.15) is 11.6 Å². The number of rotatable bonds is 4. The maximum Gasteiger partial charge on any atom is 0.191 e. The summed E-state index contributed by atoms with van der Waals surface area (Å²) in [5.74, 6) is 1.27. The van der Waals surface area contributed by atoms with Gasteiger partial charge >= 0.3 is 0 Å². The molecule has 0 saturated heterocycles. The molecule has 4 rings (SSSR count). The summed E-state index contributed by atoms with van der Waals surface area (Å²) in [7, 11) is 1.77. The second-order valence-electron chi connectivity index (χ2n) is 7.27. The molecule has 0 aromatic heterocycles. The molecule has 0 radical (unpaired) electrons. The highest BCUT2D eigenvalue weighted by Crippen LogP contribution is 2.29. The van der Waals surface area contributed by atoms with E-state index in [9.17, 15) is 4.39 Å². The Bertz CT molecular complexity index is 869. The van der Waals surface area contributed by atoms with Crippen LogP contribution < -0.4 is 15.4 Å². The molecule has 0 saturated carbocycles. The number of fused-ring (bicyclic) bond motifs is 2. The lowest BCUT2D eigenvalue weighted by Gasteiger charge is -2.27. The van der Waals surface area contributed by atoms with Gasteiger partial charge in [0.05, 0.1) is 6.61 Å². The van der Waals surface area contributed by atoms with Crippen molar-refractivity contribution in [2.24, 2.45) is 4.99 Å². The van der Waals surface area contributed by atoms with Gasteiger partial charge < -0.3 is 20.1 Å². The number of guanidine groups is 1. The van der Waals surface area contributed by atoms with Crippen LogP contribution in [0.3, 0.4) is 0 Å².